The van der Waals surface area contributed by atoms with Crippen molar-refractivity contribution in [1.29, 1.82) is 0 Å². The summed E-state index contributed by atoms with van der Waals surface area (Å²) in [7, 11) is 0. The van der Waals surface area contributed by atoms with Crippen LogP contribution in [0.5, 0.6) is 0 Å². The summed E-state index contributed by atoms with van der Waals surface area (Å²) in [5.41, 5.74) is 2.64. The van der Waals surface area contributed by atoms with Crippen molar-refractivity contribution in [2.75, 3.05) is 18.5 Å². The highest BCUT2D eigenvalue weighted by Gasteiger charge is 2.61. The molecule has 3 fully saturated rings. The summed E-state index contributed by atoms with van der Waals surface area (Å²) in [6.45, 7) is 2.96. The molecule has 7 heteroatoms. The van der Waals surface area contributed by atoms with Crippen LogP contribution in [-0.4, -0.2) is 41.7 Å². The van der Waals surface area contributed by atoms with Gasteiger partial charge in [0, 0.05) is 5.69 Å². The number of hydrogen-bond donors (Lipinski definition) is 1. The van der Waals surface area contributed by atoms with Crippen LogP contribution in [0.15, 0.2) is 18.2 Å². The maximum absolute atomic E-state index is 12.6. The molecular weight excluding hydrogens is 360 g/mol. The molecule has 1 N–H and O–H groups in total. The first kappa shape index (κ1) is 18.7. The molecule has 28 heavy (non-hydrogen) atoms. The number of likely N-dealkylation sites (tertiary alicyclic amines) is 1. The number of nitrogens with zero attached hydrogens (tertiary/aromatic N) is 1. The van der Waals surface area contributed by atoms with Gasteiger partial charge in [-0.15, -0.1) is 0 Å². The van der Waals surface area contributed by atoms with Gasteiger partial charge in [0.05, 0.1) is 11.8 Å². The summed E-state index contributed by atoms with van der Waals surface area (Å²) in [6.07, 6.45) is 2.92. The number of carbonyl (C=O) groups excluding carboxylic acids is 4. The van der Waals surface area contributed by atoms with E-state index in [0.717, 1.165) is 35.3 Å². The number of imide groups is 1. The minimum atomic E-state index is -0.745. The summed E-state index contributed by atoms with van der Waals surface area (Å²) in [5.74, 6) is -1.68. The van der Waals surface area contributed by atoms with E-state index in [2.05, 4.69) is 5.32 Å². The van der Waals surface area contributed by atoms with E-state index < -0.39 is 25.0 Å². The Morgan fingerprint density at radius 2 is 1.75 bits per heavy atom. The zero-order valence-corrected chi connectivity index (χ0v) is 16.1. The number of nitrogens with one attached hydrogen (secondary N) is 1. The van der Waals surface area contributed by atoms with Crippen LogP contribution < -0.4 is 5.32 Å². The van der Waals surface area contributed by atoms with Crippen LogP contribution in [0, 0.1) is 37.5 Å². The number of carbonyl (C=O) groups is 4. The Balaban J connectivity index is 1.30. The lowest BCUT2D eigenvalue weighted by molar-refractivity contribution is -0.154. The second kappa shape index (κ2) is 7.04. The van der Waals surface area contributed by atoms with Gasteiger partial charge in [0.15, 0.2) is 6.61 Å². The topological polar surface area (TPSA) is 92.8 Å². The number of aryl methyl sites for hydroxylation is 1. The van der Waals surface area contributed by atoms with Gasteiger partial charge in [-0.2, -0.15) is 0 Å². The van der Waals surface area contributed by atoms with E-state index in [4.69, 9.17) is 4.74 Å². The maximum atomic E-state index is 12.6. The third-order valence-corrected chi connectivity index (χ3v) is 6.55. The van der Waals surface area contributed by atoms with E-state index in [1.54, 1.807) is 6.07 Å². The average molecular weight is 384 g/mol. The summed E-state index contributed by atoms with van der Waals surface area (Å²) in [4.78, 5) is 50.4. The van der Waals surface area contributed by atoms with Crippen LogP contribution in [0.1, 0.15) is 30.4 Å². The third kappa shape index (κ3) is 3.08. The van der Waals surface area contributed by atoms with Crippen LogP contribution in [0.3, 0.4) is 0 Å². The molecule has 1 aliphatic heterocycles. The van der Waals surface area contributed by atoms with E-state index in [0.29, 0.717) is 5.69 Å². The molecule has 3 aliphatic rings. The first-order chi connectivity index (χ1) is 13.4. The predicted molar refractivity (Wildman–Crippen MR) is 100 cm³/mol. The quantitative estimate of drug-likeness (QED) is 0.617. The molecule has 2 saturated carbocycles. The number of ether oxygens (including phenoxy) is 1. The number of benzene rings is 1. The monoisotopic (exact) mass is 384 g/mol. The van der Waals surface area contributed by atoms with Crippen molar-refractivity contribution < 1.29 is 23.9 Å². The molecule has 0 aromatic heterocycles. The molecule has 2 aliphatic carbocycles. The Bertz CT molecular complexity index is 836. The van der Waals surface area contributed by atoms with Crippen LogP contribution >= 0.6 is 0 Å². The first-order valence-electron chi connectivity index (χ1n) is 9.73. The molecule has 4 rings (SSSR count). The van der Waals surface area contributed by atoms with E-state index >= 15 is 0 Å². The normalized spacial score (nSPS) is 27.9. The molecule has 0 spiro atoms. The second-order valence-corrected chi connectivity index (χ2v) is 8.10. The number of fused-ring (bicyclic) bond motifs is 5. The van der Waals surface area contributed by atoms with Gasteiger partial charge >= 0.3 is 5.97 Å². The van der Waals surface area contributed by atoms with Crippen LogP contribution in [-0.2, 0) is 23.9 Å². The maximum Gasteiger partial charge on any atom is 0.326 e. The summed E-state index contributed by atoms with van der Waals surface area (Å²) >= 11 is 0. The van der Waals surface area contributed by atoms with Gasteiger partial charge in [0.1, 0.15) is 6.54 Å². The highest BCUT2D eigenvalue weighted by Crippen LogP contribution is 2.56. The van der Waals surface area contributed by atoms with Crippen molar-refractivity contribution in [2.24, 2.45) is 23.7 Å². The molecule has 148 valence electrons. The van der Waals surface area contributed by atoms with Crippen molar-refractivity contribution in [2.45, 2.75) is 33.1 Å². The van der Waals surface area contributed by atoms with Gasteiger partial charge in [0.25, 0.3) is 5.91 Å². The molecule has 1 heterocycles. The van der Waals surface area contributed by atoms with E-state index in [9.17, 15) is 19.2 Å². The molecule has 1 aromatic carbocycles. The number of anilines is 1. The number of amides is 3. The molecule has 2 bridgehead atoms. The number of esters is 1. The average Bonchev–Trinajstić information content (AvgIpc) is 3.34. The lowest BCUT2D eigenvalue weighted by Crippen LogP contribution is -2.38. The number of hydrogen-bond acceptors (Lipinski definition) is 5. The highest BCUT2D eigenvalue weighted by atomic mass is 16.5. The Morgan fingerprint density at radius 3 is 2.39 bits per heavy atom. The van der Waals surface area contributed by atoms with Crippen molar-refractivity contribution >= 4 is 29.4 Å². The highest BCUT2D eigenvalue weighted by molar-refractivity contribution is 6.08. The number of rotatable bonds is 5. The first-order valence-corrected chi connectivity index (χ1v) is 9.73. The summed E-state index contributed by atoms with van der Waals surface area (Å²) < 4.78 is 5.00. The van der Waals surface area contributed by atoms with Crippen molar-refractivity contribution in [3.8, 4) is 0 Å². The fourth-order valence-electron chi connectivity index (χ4n) is 5.02. The van der Waals surface area contributed by atoms with Crippen LogP contribution in [0.25, 0.3) is 0 Å². The summed E-state index contributed by atoms with van der Waals surface area (Å²) in [5, 5.41) is 2.71. The summed E-state index contributed by atoms with van der Waals surface area (Å²) in [6, 6.07) is 5.55. The lowest BCUT2D eigenvalue weighted by atomic mass is 9.81. The standard InChI is InChI=1S/C21H24N2O5/c1-11-4-3-5-15(12(11)2)22-16(24)10-28-17(25)9-23-20(26)18-13-6-7-14(8-13)19(18)21(23)27/h3-5,13-14,18-19H,6-10H2,1-2H3,(H,22,24)/t13-,14-,18-,19-/m0/s1. The minimum Gasteiger partial charge on any atom is -0.454 e. The minimum absolute atomic E-state index is 0.251. The predicted octanol–water partition coefficient (Wildman–Crippen LogP) is 1.82. The molecule has 7 nitrogen and oxygen atoms in total. The Hall–Kier alpha value is -2.70. The largest absolute Gasteiger partial charge is 0.454 e. The van der Waals surface area contributed by atoms with Crippen molar-refractivity contribution in [3.05, 3.63) is 29.3 Å². The van der Waals surface area contributed by atoms with E-state index in [-0.39, 0.29) is 35.5 Å². The lowest BCUT2D eigenvalue weighted by Gasteiger charge is -2.19. The van der Waals surface area contributed by atoms with Gasteiger partial charge in [-0.05, 0) is 62.1 Å². The fraction of sp³-hybridized carbons (Fsp3) is 0.524. The molecule has 3 amide bonds. The van der Waals surface area contributed by atoms with Gasteiger partial charge in [0.2, 0.25) is 11.8 Å². The molecule has 0 unspecified atom stereocenters. The fourth-order valence-corrected chi connectivity index (χ4v) is 5.02. The van der Waals surface area contributed by atoms with E-state index in [1.807, 2.05) is 26.0 Å². The second-order valence-electron chi connectivity index (χ2n) is 8.10. The van der Waals surface area contributed by atoms with Gasteiger partial charge < -0.3 is 10.1 Å². The Labute approximate surface area is 163 Å². The molecule has 1 saturated heterocycles. The molecular formula is C21H24N2O5. The smallest absolute Gasteiger partial charge is 0.326 e. The van der Waals surface area contributed by atoms with Crippen LogP contribution in [0.4, 0.5) is 5.69 Å². The van der Waals surface area contributed by atoms with Crippen molar-refractivity contribution in [1.82, 2.24) is 4.90 Å². The van der Waals surface area contributed by atoms with Gasteiger partial charge in [-0.1, -0.05) is 12.1 Å². The third-order valence-electron chi connectivity index (χ3n) is 6.55. The SMILES string of the molecule is Cc1cccc(NC(=O)COC(=O)CN2C(=O)[C@H]3[C@H]4CC[C@@H](C4)[C@@H]3C2=O)c1C. The van der Waals surface area contributed by atoms with Gasteiger partial charge in [-0.25, -0.2) is 0 Å². The molecule has 1 aromatic rings. The zero-order chi connectivity index (χ0) is 20.0. The van der Waals surface area contributed by atoms with Gasteiger partial charge in [-0.3, -0.25) is 24.1 Å². The van der Waals surface area contributed by atoms with Crippen LogP contribution in [0.2, 0.25) is 0 Å². The Kier molecular flexibility index (Phi) is 4.69. The molecule has 0 radical (unpaired) electrons. The van der Waals surface area contributed by atoms with E-state index in [1.165, 1.54) is 0 Å². The van der Waals surface area contributed by atoms with Crippen molar-refractivity contribution in [3.63, 3.8) is 0 Å². The zero-order valence-electron chi connectivity index (χ0n) is 16.1. The Morgan fingerprint density at radius 1 is 1.11 bits per heavy atom. The molecule has 4 atom stereocenters.